The minimum Gasteiger partial charge on any atom is -0.298 e. The highest BCUT2D eigenvalue weighted by Crippen LogP contribution is 2.68. The molecule has 2 aliphatic carbocycles. The number of alkyl halides is 5. The summed E-state index contributed by atoms with van der Waals surface area (Å²) in [5, 5.41) is 9.33. The van der Waals surface area contributed by atoms with Gasteiger partial charge in [-0.05, 0) is 48.6 Å². The third-order valence-corrected chi connectivity index (χ3v) is 13.4. The van der Waals surface area contributed by atoms with E-state index in [0.29, 0.717) is 43.3 Å². The lowest BCUT2D eigenvalue weighted by molar-refractivity contribution is -0.142. The predicted molar refractivity (Wildman–Crippen MR) is 212 cm³/mol. The van der Waals surface area contributed by atoms with Crippen LogP contribution in [0.2, 0.25) is 5.02 Å². The van der Waals surface area contributed by atoms with Gasteiger partial charge in [0.2, 0.25) is 0 Å². The minimum absolute atomic E-state index is 0.111. The molecule has 4 aromatic heterocycles. The van der Waals surface area contributed by atoms with Gasteiger partial charge in [0.05, 0.1) is 43.3 Å². The topological polar surface area (TPSA) is 113 Å². The highest BCUT2D eigenvalue weighted by Gasteiger charge is 2.68. The van der Waals surface area contributed by atoms with Crippen LogP contribution in [-0.4, -0.2) is 50.0 Å². The zero-order valence-corrected chi connectivity index (χ0v) is 35.0. The standard InChI is InChI=1S/C41H36ClF7N6O3S2/c1-39(2,3)38-50-16-31(59-38)29-9-7-24(25-6-8-28(42)33-30(18-60(5,57)58)52-54(4)35(25)33)34(51-29)20(10-19-11-21(43)14-22(44)12-19)13-23(56)17-55-37-32(36(53-55)41(47,48)49)26-15-27(26)40(37,45)46/h6-9,11-12,14,16,20,26-27H,10,13,15,17-18H2,1-5H3/t20-,26+,27-/m1/s1. The number of hydrogen-bond acceptors (Lipinski definition) is 8. The molecule has 9 nitrogen and oxygen atoms in total. The van der Waals surface area contributed by atoms with Crippen LogP contribution in [0.5, 0.6) is 0 Å². The lowest BCUT2D eigenvalue weighted by atomic mass is 9.86. The molecule has 0 radical (unpaired) electrons. The van der Waals surface area contributed by atoms with E-state index >= 15 is 8.78 Å². The number of benzene rings is 2. The van der Waals surface area contributed by atoms with Crippen LogP contribution in [0, 0.1) is 17.6 Å². The largest absolute Gasteiger partial charge is 0.435 e. The quantitative estimate of drug-likeness (QED) is 0.119. The number of pyridine rings is 1. The van der Waals surface area contributed by atoms with E-state index in [1.807, 2.05) is 20.8 Å². The van der Waals surface area contributed by atoms with Gasteiger partial charge in [0.25, 0.3) is 5.92 Å². The molecule has 316 valence electrons. The van der Waals surface area contributed by atoms with Crippen LogP contribution in [0.3, 0.4) is 0 Å². The summed E-state index contributed by atoms with van der Waals surface area (Å²) in [5.41, 5.74) is -1.16. The molecule has 4 heterocycles. The molecule has 0 unspecified atom stereocenters. The summed E-state index contributed by atoms with van der Waals surface area (Å²) in [6.07, 6.45) is -3.24. The number of Topliss-reactive ketones (excluding diaryl/α,β-unsaturated/α-hetero) is 1. The van der Waals surface area contributed by atoms with Gasteiger partial charge in [-0.2, -0.15) is 32.1 Å². The molecule has 6 aromatic rings. The van der Waals surface area contributed by atoms with E-state index in [1.165, 1.54) is 16.0 Å². The maximum Gasteiger partial charge on any atom is 0.435 e. The molecule has 0 N–H and O–H groups in total. The van der Waals surface area contributed by atoms with Gasteiger partial charge in [-0.3, -0.25) is 19.1 Å². The minimum atomic E-state index is -5.05. The monoisotopic (exact) mass is 892 g/mol. The van der Waals surface area contributed by atoms with E-state index < -0.39 is 92.8 Å². The van der Waals surface area contributed by atoms with Crippen molar-refractivity contribution in [1.29, 1.82) is 0 Å². The number of rotatable bonds is 11. The second-order valence-corrected chi connectivity index (χ2v) is 20.2. The first kappa shape index (κ1) is 42.0. The summed E-state index contributed by atoms with van der Waals surface area (Å²) in [6.45, 7) is 5.02. The molecule has 1 saturated carbocycles. The van der Waals surface area contributed by atoms with Crippen molar-refractivity contribution < 1.29 is 43.9 Å². The Morgan fingerprint density at radius 3 is 2.35 bits per heavy atom. The van der Waals surface area contributed by atoms with Crippen molar-refractivity contribution in [3.8, 4) is 21.7 Å². The van der Waals surface area contributed by atoms with Crippen molar-refractivity contribution in [2.45, 2.75) is 81.7 Å². The molecular formula is C41H36ClF7N6O3S2. The average molecular weight is 893 g/mol. The number of aromatic nitrogens is 6. The van der Waals surface area contributed by atoms with Gasteiger partial charge >= 0.3 is 6.18 Å². The average Bonchev–Trinajstić information content (AvgIpc) is 3.36. The molecule has 60 heavy (non-hydrogen) atoms. The maximum atomic E-state index is 15.5. The second kappa shape index (κ2) is 14.5. The number of ketones is 1. The molecule has 8 rings (SSSR count). The summed E-state index contributed by atoms with van der Waals surface area (Å²) >= 11 is 8.05. The Balaban J connectivity index is 1.30. The molecule has 0 bridgehead atoms. The summed E-state index contributed by atoms with van der Waals surface area (Å²) in [7, 11) is -1.99. The fourth-order valence-corrected chi connectivity index (χ4v) is 10.2. The Morgan fingerprint density at radius 1 is 1.03 bits per heavy atom. The van der Waals surface area contributed by atoms with E-state index in [4.69, 9.17) is 16.6 Å². The Morgan fingerprint density at radius 2 is 1.72 bits per heavy atom. The van der Waals surface area contributed by atoms with Crippen LogP contribution in [0.4, 0.5) is 30.7 Å². The fraction of sp³-hybridized carbons (Fsp3) is 0.390. The first-order valence-corrected chi connectivity index (χ1v) is 22.0. The summed E-state index contributed by atoms with van der Waals surface area (Å²) < 4.78 is 130. The molecule has 1 fully saturated rings. The Hall–Kier alpha value is -4.68. The van der Waals surface area contributed by atoms with E-state index in [2.05, 4.69) is 15.2 Å². The molecule has 2 aromatic carbocycles. The first-order chi connectivity index (χ1) is 27.9. The van der Waals surface area contributed by atoms with Crippen LogP contribution in [0.25, 0.3) is 32.6 Å². The highest BCUT2D eigenvalue weighted by atomic mass is 35.5. The predicted octanol–water partition coefficient (Wildman–Crippen LogP) is 9.94. The van der Waals surface area contributed by atoms with Crippen molar-refractivity contribution >= 4 is 49.5 Å². The third kappa shape index (κ3) is 7.74. The van der Waals surface area contributed by atoms with Crippen molar-refractivity contribution in [1.82, 2.24) is 29.5 Å². The van der Waals surface area contributed by atoms with Gasteiger partial charge in [-0.15, -0.1) is 11.3 Å². The molecule has 0 amide bonds. The number of aryl methyl sites for hydroxylation is 1. The number of thiazole rings is 1. The summed E-state index contributed by atoms with van der Waals surface area (Å²) in [5.74, 6) is -10.1. The van der Waals surface area contributed by atoms with Gasteiger partial charge in [-0.1, -0.05) is 44.5 Å². The molecular weight excluding hydrogens is 857 g/mol. The van der Waals surface area contributed by atoms with Crippen LogP contribution in [0.1, 0.15) is 84.4 Å². The van der Waals surface area contributed by atoms with Gasteiger partial charge in [0.1, 0.15) is 23.9 Å². The molecule has 0 spiro atoms. The van der Waals surface area contributed by atoms with E-state index in [0.717, 1.165) is 23.4 Å². The lowest BCUT2D eigenvalue weighted by Gasteiger charge is -2.22. The number of carbonyl (C=O) groups is 1. The molecule has 2 aliphatic rings. The van der Waals surface area contributed by atoms with E-state index in [-0.39, 0.29) is 40.2 Å². The molecule has 0 saturated heterocycles. The number of halogens is 8. The smallest absolute Gasteiger partial charge is 0.298 e. The molecule has 3 atom stereocenters. The number of sulfone groups is 1. The van der Waals surface area contributed by atoms with Crippen molar-refractivity contribution in [3.63, 3.8) is 0 Å². The summed E-state index contributed by atoms with van der Waals surface area (Å²) in [6, 6.07) is 9.45. The number of nitrogens with zero attached hydrogens (tertiary/aromatic N) is 6. The van der Waals surface area contributed by atoms with E-state index in [1.54, 1.807) is 37.5 Å². The fourth-order valence-electron chi connectivity index (χ4n) is 8.29. The molecule has 0 aliphatic heterocycles. The maximum absolute atomic E-state index is 15.5. The van der Waals surface area contributed by atoms with Crippen LogP contribution in [0.15, 0.2) is 48.7 Å². The van der Waals surface area contributed by atoms with Crippen LogP contribution >= 0.6 is 22.9 Å². The number of fused-ring (bicyclic) bond motifs is 4. The number of hydrogen-bond donors (Lipinski definition) is 0. The normalized spacial score (nSPS) is 17.9. The van der Waals surface area contributed by atoms with Gasteiger partial charge < -0.3 is 0 Å². The lowest BCUT2D eigenvalue weighted by Crippen LogP contribution is -2.24. The zero-order valence-electron chi connectivity index (χ0n) is 32.6. The van der Waals surface area contributed by atoms with Gasteiger partial charge in [0, 0.05) is 71.3 Å². The molecule has 19 heteroatoms. The summed E-state index contributed by atoms with van der Waals surface area (Å²) in [4.78, 5) is 24.5. The highest BCUT2D eigenvalue weighted by molar-refractivity contribution is 7.89. The van der Waals surface area contributed by atoms with Crippen LogP contribution < -0.4 is 0 Å². The van der Waals surface area contributed by atoms with Crippen molar-refractivity contribution in [3.05, 3.63) is 104 Å². The van der Waals surface area contributed by atoms with Crippen molar-refractivity contribution in [2.24, 2.45) is 13.0 Å². The first-order valence-electron chi connectivity index (χ1n) is 18.7. The van der Waals surface area contributed by atoms with Crippen molar-refractivity contribution in [2.75, 3.05) is 6.26 Å². The van der Waals surface area contributed by atoms with Gasteiger partial charge in [-0.25, -0.2) is 22.2 Å². The number of carbonyl (C=O) groups excluding carboxylic acids is 1. The Bertz CT molecular complexity index is 2820. The van der Waals surface area contributed by atoms with Crippen LogP contribution in [-0.2, 0) is 57.9 Å². The third-order valence-electron chi connectivity index (χ3n) is 10.8. The van der Waals surface area contributed by atoms with Gasteiger partial charge in [0.15, 0.2) is 21.3 Å². The zero-order chi connectivity index (χ0) is 43.4. The Labute approximate surface area is 348 Å². The van der Waals surface area contributed by atoms with E-state index in [9.17, 15) is 35.2 Å². The Kier molecular flexibility index (Phi) is 10.1. The second-order valence-electron chi connectivity index (χ2n) is 16.6. The SMILES string of the molecule is Cn1nc(CS(C)(=O)=O)c2c(Cl)ccc(-c3ccc(-c4cnc(C(C)(C)C)s4)nc3[C@@H](CC(=O)Cn3nc(C(F)(F)F)c4c3C(F)(F)[C@@H]3C[C@H]43)Cc3cc(F)cc(F)c3)c21.